The molecule has 2 N–H and O–H groups in total. The van der Waals surface area contributed by atoms with Gasteiger partial charge < -0.3 is 20.2 Å². The predicted octanol–water partition coefficient (Wildman–Crippen LogP) is 0.474. The zero-order valence-electron chi connectivity index (χ0n) is 9.43. The number of amides is 1. The van der Waals surface area contributed by atoms with E-state index in [4.69, 9.17) is 4.74 Å². The van der Waals surface area contributed by atoms with Gasteiger partial charge in [0.15, 0.2) is 5.69 Å². The second-order valence-electron chi connectivity index (χ2n) is 3.26. The van der Waals surface area contributed by atoms with Crippen molar-refractivity contribution in [1.29, 1.82) is 0 Å². The average Bonchev–Trinajstić information content (AvgIpc) is 2.78. The highest BCUT2D eigenvalue weighted by Gasteiger charge is 2.15. The minimum absolute atomic E-state index is 0.00723. The number of hydrogen-bond acceptors (Lipinski definition) is 5. The summed E-state index contributed by atoms with van der Waals surface area (Å²) in [6, 6.07) is 1.09. The summed E-state index contributed by atoms with van der Waals surface area (Å²) < 4.78 is 5.16. The molecule has 1 amide bonds. The van der Waals surface area contributed by atoms with E-state index in [1.165, 1.54) is 0 Å². The molecule has 1 aromatic heterocycles. The van der Waals surface area contributed by atoms with Gasteiger partial charge in [-0.2, -0.15) is 0 Å². The molecule has 0 aliphatic rings. The Labute approximate surface area is 97.5 Å². The Bertz CT molecular complexity index is 390. The van der Waals surface area contributed by atoms with E-state index in [9.17, 15) is 14.9 Å². The van der Waals surface area contributed by atoms with Crippen LogP contribution in [0.5, 0.6) is 0 Å². The normalized spacial score (nSPS) is 10.2. The first-order valence-electron chi connectivity index (χ1n) is 5.21. The van der Waals surface area contributed by atoms with Gasteiger partial charge in [0, 0.05) is 13.2 Å². The van der Waals surface area contributed by atoms with E-state index in [2.05, 4.69) is 15.5 Å². The molecule has 0 radical (unpaired) electrons. The summed E-state index contributed by atoms with van der Waals surface area (Å²) in [5.74, 6) is -0.771. The van der Waals surface area contributed by atoms with Crippen LogP contribution in [-0.2, 0) is 4.74 Å². The molecule has 1 rings (SSSR count). The van der Waals surface area contributed by atoms with E-state index in [1.807, 2.05) is 6.92 Å². The maximum Gasteiger partial charge on any atom is 0.343 e. The van der Waals surface area contributed by atoms with Crippen molar-refractivity contribution < 1.29 is 14.5 Å². The predicted molar refractivity (Wildman–Crippen MR) is 58.7 cm³/mol. The summed E-state index contributed by atoms with van der Waals surface area (Å²) in [5.41, 5.74) is -0.00723. The molecular weight excluding hydrogens is 228 g/mol. The smallest absolute Gasteiger partial charge is 0.343 e. The van der Waals surface area contributed by atoms with E-state index in [-0.39, 0.29) is 11.5 Å². The minimum atomic E-state index is -0.645. The van der Waals surface area contributed by atoms with Crippen LogP contribution in [-0.4, -0.2) is 40.8 Å². The molecule has 0 aliphatic heterocycles. The molecule has 8 nitrogen and oxygen atoms in total. The van der Waals surface area contributed by atoms with Gasteiger partial charge in [-0.3, -0.25) is 4.79 Å². The second kappa shape index (κ2) is 6.59. The average molecular weight is 242 g/mol. The summed E-state index contributed by atoms with van der Waals surface area (Å²) in [6.45, 7) is 3.39. The van der Waals surface area contributed by atoms with Crippen LogP contribution in [0.2, 0.25) is 0 Å². The van der Waals surface area contributed by atoms with Gasteiger partial charge in [-0.25, -0.2) is 0 Å². The number of rotatable bonds is 7. The fourth-order valence-electron chi connectivity index (χ4n) is 1.10. The van der Waals surface area contributed by atoms with Gasteiger partial charge >= 0.3 is 5.82 Å². The zero-order chi connectivity index (χ0) is 12.7. The molecular formula is C9H14N4O4. The van der Waals surface area contributed by atoms with Gasteiger partial charge in [0.05, 0.1) is 12.7 Å². The zero-order valence-corrected chi connectivity index (χ0v) is 9.43. The molecule has 0 saturated heterocycles. The molecule has 94 valence electrons. The number of aromatic amines is 1. The van der Waals surface area contributed by atoms with Crippen molar-refractivity contribution in [2.45, 2.75) is 13.3 Å². The largest absolute Gasteiger partial charge is 0.380 e. The minimum Gasteiger partial charge on any atom is -0.380 e. The maximum absolute atomic E-state index is 11.4. The Hall–Kier alpha value is -1.96. The Morgan fingerprint density at radius 1 is 1.65 bits per heavy atom. The molecule has 0 fully saturated rings. The van der Waals surface area contributed by atoms with E-state index in [0.717, 1.165) is 12.5 Å². The summed E-state index contributed by atoms with van der Waals surface area (Å²) in [6.07, 6.45) is 0.916. The van der Waals surface area contributed by atoms with Gasteiger partial charge in [-0.1, -0.05) is 12.0 Å². The molecule has 0 bridgehead atoms. The molecule has 0 atom stereocenters. The maximum atomic E-state index is 11.4. The molecule has 1 aromatic rings. The molecule has 0 spiro atoms. The van der Waals surface area contributed by atoms with Crippen LogP contribution >= 0.6 is 0 Å². The fourth-order valence-corrected chi connectivity index (χ4v) is 1.10. The monoisotopic (exact) mass is 242 g/mol. The molecule has 0 saturated carbocycles. The van der Waals surface area contributed by atoms with Crippen LogP contribution in [0.1, 0.15) is 23.8 Å². The number of ether oxygens (including phenoxy) is 1. The van der Waals surface area contributed by atoms with Gasteiger partial charge in [0.25, 0.3) is 5.91 Å². The van der Waals surface area contributed by atoms with Gasteiger partial charge in [-0.15, -0.1) is 5.10 Å². The number of nitrogens with zero attached hydrogens (tertiary/aromatic N) is 2. The van der Waals surface area contributed by atoms with Crippen LogP contribution < -0.4 is 5.32 Å². The van der Waals surface area contributed by atoms with Crippen LogP contribution in [0, 0.1) is 10.1 Å². The number of H-pyrrole nitrogens is 1. The SMILES string of the molecule is CCCOCCNC(=O)c1cc([N+](=O)[O-])[nH]n1. The third-order valence-electron chi connectivity index (χ3n) is 1.87. The van der Waals surface area contributed by atoms with Crippen molar-refractivity contribution in [1.82, 2.24) is 15.5 Å². The highest BCUT2D eigenvalue weighted by molar-refractivity contribution is 5.92. The lowest BCUT2D eigenvalue weighted by Gasteiger charge is -2.03. The molecule has 0 aromatic carbocycles. The molecule has 0 unspecified atom stereocenters. The number of nitro groups is 1. The van der Waals surface area contributed by atoms with Crippen molar-refractivity contribution in [2.24, 2.45) is 0 Å². The Morgan fingerprint density at radius 2 is 2.41 bits per heavy atom. The van der Waals surface area contributed by atoms with Crippen LogP contribution in [0.4, 0.5) is 5.82 Å². The lowest BCUT2D eigenvalue weighted by atomic mass is 10.4. The van der Waals surface area contributed by atoms with Crippen molar-refractivity contribution in [3.63, 3.8) is 0 Å². The molecule has 8 heteroatoms. The quantitative estimate of drug-likeness (QED) is 0.410. The van der Waals surface area contributed by atoms with Gasteiger partial charge in [0.1, 0.15) is 0 Å². The first kappa shape index (κ1) is 13.1. The highest BCUT2D eigenvalue weighted by Crippen LogP contribution is 2.07. The molecule has 17 heavy (non-hydrogen) atoms. The van der Waals surface area contributed by atoms with Crippen molar-refractivity contribution in [3.05, 3.63) is 21.9 Å². The highest BCUT2D eigenvalue weighted by atomic mass is 16.6. The first-order chi connectivity index (χ1) is 8.15. The molecule has 1 heterocycles. The number of carbonyl (C=O) groups excluding carboxylic acids is 1. The second-order valence-corrected chi connectivity index (χ2v) is 3.26. The topological polar surface area (TPSA) is 110 Å². The summed E-state index contributed by atoms with van der Waals surface area (Å²) >= 11 is 0. The first-order valence-corrected chi connectivity index (χ1v) is 5.21. The summed E-state index contributed by atoms with van der Waals surface area (Å²) in [4.78, 5) is 21.1. The number of aromatic nitrogens is 2. The van der Waals surface area contributed by atoms with E-state index in [1.54, 1.807) is 0 Å². The third kappa shape index (κ3) is 4.19. The van der Waals surface area contributed by atoms with Crippen molar-refractivity contribution in [2.75, 3.05) is 19.8 Å². The van der Waals surface area contributed by atoms with Gasteiger partial charge in [-0.05, 0) is 11.3 Å². The fraction of sp³-hybridized carbons (Fsp3) is 0.556. The van der Waals surface area contributed by atoms with Crippen molar-refractivity contribution in [3.8, 4) is 0 Å². The van der Waals surface area contributed by atoms with Crippen LogP contribution in [0.3, 0.4) is 0 Å². The van der Waals surface area contributed by atoms with Crippen LogP contribution in [0.15, 0.2) is 6.07 Å². The van der Waals surface area contributed by atoms with E-state index >= 15 is 0 Å². The summed E-state index contributed by atoms with van der Waals surface area (Å²) in [5, 5.41) is 18.6. The Morgan fingerprint density at radius 3 is 3.00 bits per heavy atom. The van der Waals surface area contributed by atoms with E-state index < -0.39 is 10.8 Å². The van der Waals surface area contributed by atoms with E-state index in [0.29, 0.717) is 19.8 Å². The lowest BCUT2D eigenvalue weighted by Crippen LogP contribution is -2.27. The summed E-state index contributed by atoms with van der Waals surface area (Å²) in [7, 11) is 0. The van der Waals surface area contributed by atoms with Crippen molar-refractivity contribution >= 4 is 11.7 Å². The lowest BCUT2D eigenvalue weighted by molar-refractivity contribution is -0.389. The number of hydrogen-bond donors (Lipinski definition) is 2. The standard InChI is InChI=1S/C9H14N4O4/c1-2-4-17-5-3-10-9(14)7-6-8(12-11-7)13(15)16/h6H,2-5H2,1H3,(H,10,14)(H,11,12). The molecule has 0 aliphatic carbocycles. The Balaban J connectivity index is 2.34. The third-order valence-corrected chi connectivity index (χ3v) is 1.87. The van der Waals surface area contributed by atoms with Crippen LogP contribution in [0.25, 0.3) is 0 Å². The number of carbonyl (C=O) groups is 1. The number of nitrogens with one attached hydrogen (secondary N) is 2. The van der Waals surface area contributed by atoms with Gasteiger partial charge in [0.2, 0.25) is 0 Å². The Kier molecular flexibility index (Phi) is 5.08.